The predicted molar refractivity (Wildman–Crippen MR) is 91.0 cm³/mol. The fourth-order valence-corrected chi connectivity index (χ4v) is 2.24. The highest BCUT2D eigenvalue weighted by Crippen LogP contribution is 2.07. The highest BCUT2D eigenvalue weighted by Gasteiger charge is 2.17. The molecule has 0 saturated heterocycles. The fourth-order valence-electron chi connectivity index (χ4n) is 2.24. The summed E-state index contributed by atoms with van der Waals surface area (Å²) in [7, 11) is 0. The second-order valence-corrected chi connectivity index (χ2v) is 5.59. The summed E-state index contributed by atoms with van der Waals surface area (Å²) in [6.07, 6.45) is 0. The van der Waals surface area contributed by atoms with E-state index in [-0.39, 0.29) is 24.2 Å². The first-order valence-electron chi connectivity index (χ1n) is 7.86. The van der Waals surface area contributed by atoms with Crippen LogP contribution in [0.1, 0.15) is 28.4 Å². The van der Waals surface area contributed by atoms with E-state index < -0.39 is 0 Å². The van der Waals surface area contributed by atoms with E-state index in [9.17, 15) is 14.0 Å². The minimum atomic E-state index is -0.314. The summed E-state index contributed by atoms with van der Waals surface area (Å²) >= 11 is 0. The number of carbonyl (C=O) groups excluding carboxylic acids is 2. The zero-order chi connectivity index (χ0) is 17.5. The lowest BCUT2D eigenvalue weighted by Gasteiger charge is -2.20. The summed E-state index contributed by atoms with van der Waals surface area (Å²) in [5.41, 5.74) is 2.44. The molecule has 0 unspecified atom stereocenters. The first-order chi connectivity index (χ1) is 11.5. The molecule has 0 atom stereocenters. The lowest BCUT2D eigenvalue weighted by Crippen LogP contribution is -2.40. The Kier molecular flexibility index (Phi) is 6.07. The van der Waals surface area contributed by atoms with Gasteiger partial charge in [0.25, 0.3) is 5.91 Å². The van der Waals surface area contributed by atoms with E-state index in [4.69, 9.17) is 0 Å². The molecule has 0 aliphatic carbocycles. The minimum absolute atomic E-state index is 0.00952. The van der Waals surface area contributed by atoms with Crippen molar-refractivity contribution in [3.05, 3.63) is 71.0 Å². The van der Waals surface area contributed by atoms with Crippen LogP contribution in [0, 0.1) is 12.7 Å². The summed E-state index contributed by atoms with van der Waals surface area (Å²) in [6.45, 7) is 4.52. The standard InChI is InChI=1S/C19H21FN2O2/c1-3-22(19(24)16-8-4-14(2)5-9-16)13-18(23)21-12-15-6-10-17(20)11-7-15/h4-11H,3,12-13H2,1-2H3,(H,21,23). The van der Waals surface area contributed by atoms with Crippen LogP contribution in [0.15, 0.2) is 48.5 Å². The van der Waals surface area contributed by atoms with Crippen molar-refractivity contribution in [2.75, 3.05) is 13.1 Å². The number of hydrogen-bond acceptors (Lipinski definition) is 2. The molecule has 5 heteroatoms. The smallest absolute Gasteiger partial charge is 0.254 e. The first kappa shape index (κ1) is 17.7. The molecule has 4 nitrogen and oxygen atoms in total. The maximum atomic E-state index is 12.8. The highest BCUT2D eigenvalue weighted by molar-refractivity contribution is 5.96. The van der Waals surface area contributed by atoms with Crippen molar-refractivity contribution in [2.24, 2.45) is 0 Å². The van der Waals surface area contributed by atoms with Crippen molar-refractivity contribution in [1.29, 1.82) is 0 Å². The monoisotopic (exact) mass is 328 g/mol. The van der Waals surface area contributed by atoms with Gasteiger partial charge in [-0.2, -0.15) is 0 Å². The number of hydrogen-bond donors (Lipinski definition) is 1. The van der Waals surface area contributed by atoms with Gasteiger partial charge in [-0.15, -0.1) is 0 Å². The van der Waals surface area contributed by atoms with Gasteiger partial charge in [0, 0.05) is 18.7 Å². The first-order valence-corrected chi connectivity index (χ1v) is 7.86. The van der Waals surface area contributed by atoms with Crippen LogP contribution >= 0.6 is 0 Å². The van der Waals surface area contributed by atoms with Crippen LogP contribution in [0.25, 0.3) is 0 Å². The van der Waals surface area contributed by atoms with Crippen molar-refractivity contribution < 1.29 is 14.0 Å². The molecular weight excluding hydrogens is 307 g/mol. The molecule has 0 bridgehead atoms. The van der Waals surface area contributed by atoms with E-state index in [0.29, 0.717) is 18.7 Å². The molecule has 2 rings (SSSR count). The predicted octanol–water partition coefficient (Wildman–Crippen LogP) is 2.91. The highest BCUT2D eigenvalue weighted by atomic mass is 19.1. The van der Waals surface area contributed by atoms with Crippen LogP contribution in [0.2, 0.25) is 0 Å². The minimum Gasteiger partial charge on any atom is -0.350 e. The Morgan fingerprint density at radius 2 is 1.67 bits per heavy atom. The summed E-state index contributed by atoms with van der Waals surface area (Å²) in [6, 6.07) is 13.2. The average molecular weight is 328 g/mol. The number of nitrogens with one attached hydrogen (secondary N) is 1. The zero-order valence-electron chi connectivity index (χ0n) is 13.9. The molecule has 2 aromatic carbocycles. The Balaban J connectivity index is 1.91. The zero-order valence-corrected chi connectivity index (χ0v) is 13.9. The number of benzene rings is 2. The van der Waals surface area contributed by atoms with Crippen LogP contribution in [0.4, 0.5) is 4.39 Å². The molecule has 0 aromatic heterocycles. The van der Waals surface area contributed by atoms with Gasteiger partial charge >= 0.3 is 0 Å². The van der Waals surface area contributed by atoms with E-state index in [0.717, 1.165) is 11.1 Å². The molecule has 2 aromatic rings. The molecular formula is C19H21FN2O2. The van der Waals surface area contributed by atoms with Crippen LogP contribution in [-0.4, -0.2) is 29.8 Å². The quantitative estimate of drug-likeness (QED) is 0.886. The molecule has 2 amide bonds. The average Bonchev–Trinajstić information content (AvgIpc) is 2.59. The molecule has 0 saturated carbocycles. The number of aryl methyl sites for hydroxylation is 1. The lowest BCUT2D eigenvalue weighted by molar-refractivity contribution is -0.121. The summed E-state index contributed by atoms with van der Waals surface area (Å²) in [4.78, 5) is 26.0. The third-order valence-electron chi connectivity index (χ3n) is 3.70. The molecule has 0 heterocycles. The molecule has 0 radical (unpaired) electrons. The van der Waals surface area contributed by atoms with Crippen molar-refractivity contribution in [2.45, 2.75) is 20.4 Å². The molecule has 0 aliphatic heterocycles. The van der Waals surface area contributed by atoms with Crippen molar-refractivity contribution in [1.82, 2.24) is 10.2 Å². The lowest BCUT2D eigenvalue weighted by atomic mass is 10.1. The maximum Gasteiger partial charge on any atom is 0.254 e. The molecule has 1 N–H and O–H groups in total. The van der Waals surface area contributed by atoms with E-state index in [1.54, 1.807) is 24.3 Å². The van der Waals surface area contributed by atoms with Crippen molar-refractivity contribution >= 4 is 11.8 Å². The Bertz CT molecular complexity index is 696. The van der Waals surface area contributed by atoms with Crippen LogP contribution < -0.4 is 5.32 Å². The number of halogens is 1. The van der Waals surface area contributed by atoms with Gasteiger partial charge in [-0.3, -0.25) is 9.59 Å². The van der Waals surface area contributed by atoms with Gasteiger partial charge in [-0.25, -0.2) is 4.39 Å². The van der Waals surface area contributed by atoms with E-state index in [2.05, 4.69) is 5.32 Å². The number of likely N-dealkylation sites (N-methyl/N-ethyl adjacent to an activating group) is 1. The summed E-state index contributed by atoms with van der Waals surface area (Å²) in [5, 5.41) is 2.74. The van der Waals surface area contributed by atoms with Gasteiger partial charge < -0.3 is 10.2 Å². The number of carbonyl (C=O) groups is 2. The van der Waals surface area contributed by atoms with E-state index >= 15 is 0 Å². The number of amides is 2. The van der Waals surface area contributed by atoms with Crippen LogP contribution in [0.3, 0.4) is 0 Å². The summed E-state index contributed by atoms with van der Waals surface area (Å²) < 4.78 is 12.8. The third kappa shape index (κ3) is 4.91. The Morgan fingerprint density at radius 3 is 2.25 bits per heavy atom. The molecule has 0 aliphatic rings. The topological polar surface area (TPSA) is 49.4 Å². The Hall–Kier alpha value is -2.69. The van der Waals surface area contributed by atoms with Gasteiger partial charge in [0.2, 0.25) is 5.91 Å². The van der Waals surface area contributed by atoms with Gasteiger partial charge in [-0.05, 0) is 43.7 Å². The third-order valence-corrected chi connectivity index (χ3v) is 3.70. The Labute approximate surface area is 141 Å². The van der Waals surface area contributed by atoms with Crippen molar-refractivity contribution in [3.8, 4) is 0 Å². The van der Waals surface area contributed by atoms with Crippen molar-refractivity contribution in [3.63, 3.8) is 0 Å². The summed E-state index contributed by atoms with van der Waals surface area (Å²) in [5.74, 6) is -0.734. The van der Waals surface area contributed by atoms with Gasteiger partial charge in [0.1, 0.15) is 5.82 Å². The van der Waals surface area contributed by atoms with Gasteiger partial charge in [0.05, 0.1) is 6.54 Å². The van der Waals surface area contributed by atoms with Gasteiger partial charge in [-0.1, -0.05) is 29.8 Å². The number of rotatable bonds is 6. The molecule has 126 valence electrons. The Morgan fingerprint density at radius 1 is 1.04 bits per heavy atom. The number of nitrogens with zero attached hydrogens (tertiary/aromatic N) is 1. The maximum absolute atomic E-state index is 12.8. The van der Waals surface area contributed by atoms with Gasteiger partial charge in [0.15, 0.2) is 0 Å². The van der Waals surface area contributed by atoms with Crippen LogP contribution in [0.5, 0.6) is 0 Å². The normalized spacial score (nSPS) is 10.3. The largest absolute Gasteiger partial charge is 0.350 e. The van der Waals surface area contributed by atoms with E-state index in [1.807, 2.05) is 26.0 Å². The molecule has 0 fully saturated rings. The van der Waals surface area contributed by atoms with Crippen LogP contribution in [-0.2, 0) is 11.3 Å². The fraction of sp³-hybridized carbons (Fsp3) is 0.263. The molecule has 24 heavy (non-hydrogen) atoms. The molecule has 0 spiro atoms. The van der Waals surface area contributed by atoms with E-state index in [1.165, 1.54) is 17.0 Å². The SMILES string of the molecule is CCN(CC(=O)NCc1ccc(F)cc1)C(=O)c1ccc(C)cc1. The second kappa shape index (κ2) is 8.24. The second-order valence-electron chi connectivity index (χ2n) is 5.59.